The number of nitrogens with one attached hydrogen (secondary N) is 1. The fourth-order valence-electron chi connectivity index (χ4n) is 2.52. The van der Waals surface area contributed by atoms with E-state index in [1.807, 2.05) is 31.2 Å². The average Bonchev–Trinajstić information content (AvgIpc) is 3.02. The van der Waals surface area contributed by atoms with Crippen LogP contribution in [0.3, 0.4) is 0 Å². The molecule has 142 valence electrons. The highest BCUT2D eigenvalue weighted by Gasteiger charge is 2.16. The summed E-state index contributed by atoms with van der Waals surface area (Å²) >= 11 is 0. The molecule has 3 rings (SSSR count). The highest BCUT2D eigenvalue weighted by atomic mass is 32.2. The molecule has 1 amide bonds. The van der Waals surface area contributed by atoms with Gasteiger partial charge in [0.15, 0.2) is 0 Å². The number of aryl methyl sites for hydroxylation is 2. The van der Waals surface area contributed by atoms with E-state index in [4.69, 9.17) is 5.14 Å². The van der Waals surface area contributed by atoms with Gasteiger partial charge in [-0.3, -0.25) is 9.48 Å². The summed E-state index contributed by atoms with van der Waals surface area (Å²) in [5.41, 5.74) is 2.94. The number of primary sulfonamides is 1. The summed E-state index contributed by atoms with van der Waals surface area (Å²) < 4.78 is 24.4. The maximum Gasteiger partial charge on any atom is 0.275 e. The van der Waals surface area contributed by atoms with E-state index in [1.165, 1.54) is 23.0 Å². The number of sulfonamides is 1. The van der Waals surface area contributed by atoms with Crippen LogP contribution >= 0.6 is 0 Å². The average molecular weight is 394 g/mol. The number of hydrogen-bond acceptors (Lipinski definition) is 4. The SMILES string of the molecule is Cc1ccc(NC(=O)c2c(C#Cc3cccc(S(N)(=O)=O)c3)cnn2C)cc1. The summed E-state index contributed by atoms with van der Waals surface area (Å²) in [4.78, 5) is 12.6. The Balaban J connectivity index is 1.89. The lowest BCUT2D eigenvalue weighted by molar-refractivity contribution is 0.101. The van der Waals surface area contributed by atoms with Crippen molar-refractivity contribution in [3.8, 4) is 11.8 Å². The molecule has 0 saturated heterocycles. The zero-order valence-corrected chi connectivity index (χ0v) is 16.1. The smallest absolute Gasteiger partial charge is 0.275 e. The molecule has 0 saturated carbocycles. The maximum absolute atomic E-state index is 12.7. The van der Waals surface area contributed by atoms with E-state index in [0.717, 1.165) is 5.56 Å². The number of nitrogens with zero attached hydrogens (tertiary/aromatic N) is 2. The fourth-order valence-corrected chi connectivity index (χ4v) is 3.08. The Bertz CT molecular complexity index is 1200. The third-order valence-corrected chi connectivity index (χ3v) is 4.88. The van der Waals surface area contributed by atoms with Crippen molar-refractivity contribution in [3.63, 3.8) is 0 Å². The van der Waals surface area contributed by atoms with Gasteiger partial charge in [0, 0.05) is 18.3 Å². The molecule has 0 aliphatic rings. The van der Waals surface area contributed by atoms with Crippen molar-refractivity contribution in [2.24, 2.45) is 12.2 Å². The van der Waals surface area contributed by atoms with E-state index in [9.17, 15) is 13.2 Å². The van der Waals surface area contributed by atoms with Crippen LogP contribution in [0.25, 0.3) is 0 Å². The van der Waals surface area contributed by atoms with Crippen LogP contribution in [0.1, 0.15) is 27.2 Å². The molecule has 0 unspecified atom stereocenters. The number of hydrogen-bond donors (Lipinski definition) is 2. The Morgan fingerprint density at radius 3 is 2.54 bits per heavy atom. The minimum absolute atomic E-state index is 0.0252. The van der Waals surface area contributed by atoms with Gasteiger partial charge in [-0.25, -0.2) is 13.6 Å². The second kappa shape index (κ2) is 7.68. The molecule has 0 atom stereocenters. The number of amides is 1. The molecule has 8 heteroatoms. The van der Waals surface area contributed by atoms with Crippen molar-refractivity contribution >= 4 is 21.6 Å². The van der Waals surface area contributed by atoms with Gasteiger partial charge in [-0.05, 0) is 37.3 Å². The van der Waals surface area contributed by atoms with Crippen molar-refractivity contribution in [1.82, 2.24) is 9.78 Å². The molecule has 0 fully saturated rings. The second-order valence-electron chi connectivity index (χ2n) is 6.17. The van der Waals surface area contributed by atoms with E-state index >= 15 is 0 Å². The zero-order valence-electron chi connectivity index (χ0n) is 15.3. The van der Waals surface area contributed by atoms with Crippen molar-refractivity contribution in [3.05, 3.63) is 77.1 Å². The third kappa shape index (κ3) is 4.46. The van der Waals surface area contributed by atoms with Gasteiger partial charge in [0.25, 0.3) is 5.91 Å². The van der Waals surface area contributed by atoms with Crippen molar-refractivity contribution in [2.75, 3.05) is 5.32 Å². The Hall–Kier alpha value is -3.41. The van der Waals surface area contributed by atoms with Crippen LogP contribution < -0.4 is 10.5 Å². The van der Waals surface area contributed by atoms with Crippen molar-refractivity contribution in [1.29, 1.82) is 0 Å². The minimum atomic E-state index is -3.81. The molecule has 0 aliphatic heterocycles. The van der Waals surface area contributed by atoms with E-state index in [1.54, 1.807) is 19.2 Å². The largest absolute Gasteiger partial charge is 0.321 e. The van der Waals surface area contributed by atoms with E-state index in [0.29, 0.717) is 22.5 Å². The van der Waals surface area contributed by atoms with Gasteiger partial charge in [-0.1, -0.05) is 35.6 Å². The number of aromatic nitrogens is 2. The first kappa shape index (κ1) is 19.4. The van der Waals surface area contributed by atoms with Crippen LogP contribution in [0.4, 0.5) is 5.69 Å². The molecular weight excluding hydrogens is 376 g/mol. The molecule has 1 aromatic heterocycles. The number of rotatable bonds is 3. The molecule has 0 radical (unpaired) electrons. The van der Waals surface area contributed by atoms with Crippen molar-refractivity contribution in [2.45, 2.75) is 11.8 Å². The predicted octanol–water partition coefficient (Wildman–Crippen LogP) is 2.03. The van der Waals surface area contributed by atoms with E-state index in [-0.39, 0.29) is 10.8 Å². The predicted molar refractivity (Wildman–Crippen MR) is 106 cm³/mol. The fraction of sp³-hybridized carbons (Fsp3) is 0.100. The quantitative estimate of drug-likeness (QED) is 0.663. The number of carbonyl (C=O) groups excluding carboxylic acids is 1. The van der Waals surface area contributed by atoms with Crippen LogP contribution in [-0.2, 0) is 17.1 Å². The van der Waals surface area contributed by atoms with Gasteiger partial charge in [-0.2, -0.15) is 5.10 Å². The van der Waals surface area contributed by atoms with Crippen LogP contribution in [0.5, 0.6) is 0 Å². The normalized spacial score (nSPS) is 10.8. The Kier molecular flexibility index (Phi) is 5.31. The summed E-state index contributed by atoms with van der Waals surface area (Å²) in [6.07, 6.45) is 1.49. The number of carbonyl (C=O) groups is 1. The number of benzene rings is 2. The second-order valence-corrected chi connectivity index (χ2v) is 7.73. The zero-order chi connectivity index (χ0) is 20.3. The molecule has 0 spiro atoms. The summed E-state index contributed by atoms with van der Waals surface area (Å²) in [6.45, 7) is 1.96. The van der Waals surface area contributed by atoms with E-state index in [2.05, 4.69) is 22.3 Å². The lowest BCUT2D eigenvalue weighted by Gasteiger charge is -2.06. The molecular formula is C20H18N4O3S. The highest BCUT2D eigenvalue weighted by Crippen LogP contribution is 2.14. The minimum Gasteiger partial charge on any atom is -0.321 e. The Morgan fingerprint density at radius 2 is 1.86 bits per heavy atom. The summed E-state index contributed by atoms with van der Waals surface area (Å²) in [5.74, 6) is 5.38. The number of anilines is 1. The first-order chi connectivity index (χ1) is 13.2. The van der Waals surface area contributed by atoms with E-state index < -0.39 is 10.0 Å². The molecule has 0 aliphatic carbocycles. The summed E-state index contributed by atoms with van der Waals surface area (Å²) in [5, 5.41) is 12.1. The first-order valence-corrected chi connectivity index (χ1v) is 9.83. The standard InChI is InChI=1S/C20H18N4O3S/c1-14-6-10-17(11-7-14)23-20(25)19-16(13-22-24(19)2)9-8-15-4-3-5-18(12-15)28(21,26)27/h3-7,10-13H,1-2H3,(H,23,25)(H2,21,26,27). The Labute approximate surface area is 163 Å². The molecule has 2 aromatic carbocycles. The Morgan fingerprint density at radius 1 is 1.14 bits per heavy atom. The van der Waals surface area contributed by atoms with Crippen LogP contribution in [-0.4, -0.2) is 24.1 Å². The van der Waals surface area contributed by atoms with Gasteiger partial charge in [0.1, 0.15) is 5.69 Å². The molecule has 3 aromatic rings. The molecule has 1 heterocycles. The summed E-state index contributed by atoms with van der Waals surface area (Å²) in [7, 11) is -2.16. The third-order valence-electron chi connectivity index (χ3n) is 3.97. The van der Waals surface area contributed by atoms with Gasteiger partial charge < -0.3 is 5.32 Å². The van der Waals surface area contributed by atoms with Crippen LogP contribution in [0.2, 0.25) is 0 Å². The van der Waals surface area contributed by atoms with Gasteiger partial charge >= 0.3 is 0 Å². The van der Waals surface area contributed by atoms with Gasteiger partial charge in [-0.15, -0.1) is 0 Å². The van der Waals surface area contributed by atoms with Gasteiger partial charge in [0.05, 0.1) is 16.7 Å². The summed E-state index contributed by atoms with van der Waals surface area (Å²) in [6, 6.07) is 13.4. The first-order valence-electron chi connectivity index (χ1n) is 8.29. The topological polar surface area (TPSA) is 107 Å². The molecule has 28 heavy (non-hydrogen) atoms. The van der Waals surface area contributed by atoms with Crippen molar-refractivity contribution < 1.29 is 13.2 Å². The molecule has 7 nitrogen and oxygen atoms in total. The molecule has 0 bridgehead atoms. The monoisotopic (exact) mass is 394 g/mol. The van der Waals surface area contributed by atoms with Crippen LogP contribution in [0, 0.1) is 18.8 Å². The maximum atomic E-state index is 12.7. The lowest BCUT2D eigenvalue weighted by Crippen LogP contribution is -2.17. The lowest BCUT2D eigenvalue weighted by atomic mass is 10.2. The van der Waals surface area contributed by atoms with Gasteiger partial charge in [0.2, 0.25) is 10.0 Å². The van der Waals surface area contributed by atoms with Crippen LogP contribution in [0.15, 0.2) is 59.6 Å². The molecule has 3 N–H and O–H groups in total. The highest BCUT2D eigenvalue weighted by molar-refractivity contribution is 7.89. The number of nitrogens with two attached hydrogens (primary N) is 1.